The third kappa shape index (κ3) is 8.65. The van der Waals surface area contributed by atoms with Crippen molar-refractivity contribution in [2.24, 2.45) is 17.8 Å². The van der Waals surface area contributed by atoms with Gasteiger partial charge in [-0.05, 0) is 91.8 Å². The molecular weight excluding hydrogens is 901 g/mol. The summed E-state index contributed by atoms with van der Waals surface area (Å²) in [6.45, 7) is 3.04. The quantitative estimate of drug-likeness (QED) is 0.0367. The van der Waals surface area contributed by atoms with Gasteiger partial charge in [0.15, 0.2) is 16.8 Å². The van der Waals surface area contributed by atoms with E-state index in [2.05, 4.69) is 34.7 Å². The van der Waals surface area contributed by atoms with Gasteiger partial charge in [-0.25, -0.2) is 9.78 Å². The molecule has 70 heavy (non-hydrogen) atoms. The van der Waals surface area contributed by atoms with Crippen LogP contribution in [-0.2, 0) is 33.8 Å². The van der Waals surface area contributed by atoms with Crippen molar-refractivity contribution in [3.05, 3.63) is 106 Å². The van der Waals surface area contributed by atoms with Gasteiger partial charge in [0.1, 0.15) is 65.2 Å². The first-order valence-electron chi connectivity index (χ1n) is 24.4. The van der Waals surface area contributed by atoms with E-state index >= 15 is 0 Å². The van der Waals surface area contributed by atoms with Crippen LogP contribution in [0, 0.1) is 24.7 Å². The highest BCUT2D eigenvalue weighted by molar-refractivity contribution is 5.93. The number of nitrogens with one attached hydrogen (secondary N) is 3. The van der Waals surface area contributed by atoms with Crippen LogP contribution in [0.2, 0.25) is 0 Å². The summed E-state index contributed by atoms with van der Waals surface area (Å²) in [6, 6.07) is 12.7. The lowest BCUT2D eigenvalue weighted by molar-refractivity contribution is -0.376. The van der Waals surface area contributed by atoms with E-state index in [-0.39, 0.29) is 53.1 Å². The molecule has 6 aromatic rings. The van der Waals surface area contributed by atoms with Crippen molar-refractivity contribution < 1.29 is 59.5 Å². The minimum Gasteiger partial charge on any atom is -0.508 e. The third-order valence-electron chi connectivity index (χ3n) is 15.5. The van der Waals surface area contributed by atoms with E-state index in [1.165, 1.54) is 36.4 Å². The second kappa shape index (κ2) is 19.1. The Morgan fingerprint density at radius 3 is 2.56 bits per heavy atom. The Kier molecular flexibility index (Phi) is 13.1. The van der Waals surface area contributed by atoms with Crippen molar-refractivity contribution in [2.45, 2.75) is 113 Å². The van der Waals surface area contributed by atoms with Gasteiger partial charge in [-0.1, -0.05) is 38.0 Å². The summed E-state index contributed by atoms with van der Waals surface area (Å²) in [5.41, 5.74) is -0.204. The van der Waals surface area contributed by atoms with Crippen LogP contribution in [0.15, 0.2) is 82.3 Å². The molecule has 2 aliphatic carbocycles. The Morgan fingerprint density at radius 1 is 0.986 bits per heavy atom. The molecule has 0 bridgehead atoms. The number of aromatic hydroxyl groups is 2. The van der Waals surface area contributed by atoms with Crippen LogP contribution >= 0.6 is 0 Å². The van der Waals surface area contributed by atoms with Crippen molar-refractivity contribution >= 4 is 38.6 Å². The van der Waals surface area contributed by atoms with Crippen LogP contribution in [0.4, 0.5) is 0 Å². The first-order chi connectivity index (χ1) is 33.7. The number of carbonyl (C=O) groups is 1. The van der Waals surface area contributed by atoms with Crippen LogP contribution in [0.5, 0.6) is 17.2 Å². The van der Waals surface area contributed by atoms with Gasteiger partial charge in [-0.15, -0.1) is 0 Å². The van der Waals surface area contributed by atoms with Crippen LogP contribution in [0.1, 0.15) is 68.0 Å². The first-order valence-corrected chi connectivity index (χ1v) is 24.4. The van der Waals surface area contributed by atoms with Gasteiger partial charge in [0.2, 0.25) is 5.91 Å². The summed E-state index contributed by atoms with van der Waals surface area (Å²) in [7, 11) is 0. The Labute approximate surface area is 403 Å². The molecule has 1 saturated heterocycles. The number of aromatic amines is 1. The third-order valence-corrected chi connectivity index (χ3v) is 15.5. The fraction of sp³-hybridized carbons (Fsp3) is 0.472. The predicted octanol–water partition coefficient (Wildman–Crippen LogP) is 4.40. The summed E-state index contributed by atoms with van der Waals surface area (Å²) in [5.74, 6) is 0.0591. The lowest BCUT2D eigenvalue weighted by atomic mass is 9.66. The van der Waals surface area contributed by atoms with E-state index in [0.29, 0.717) is 82.4 Å². The number of hydrogen-bond acceptors (Lipinski definition) is 14. The summed E-state index contributed by atoms with van der Waals surface area (Å²) in [5, 5.41) is 85.7. The highest BCUT2D eigenvalue weighted by atomic mass is 17.2. The Balaban J connectivity index is 1.10. The number of phenols is 2. The molecule has 4 aliphatic rings. The average Bonchev–Trinajstić information content (AvgIpc) is 4.18. The number of benzene rings is 3. The molecule has 1 spiro atoms. The molecule has 1 saturated carbocycles. The van der Waals surface area contributed by atoms with Crippen LogP contribution in [0.3, 0.4) is 0 Å². The van der Waals surface area contributed by atoms with E-state index in [4.69, 9.17) is 18.9 Å². The lowest BCUT2D eigenvalue weighted by Gasteiger charge is -2.51. The molecule has 3 aromatic carbocycles. The second-order valence-electron chi connectivity index (χ2n) is 20.0. The van der Waals surface area contributed by atoms with Crippen molar-refractivity contribution in [3.63, 3.8) is 0 Å². The standard InChI is InChI=1S/C53H62N4O13/c1-3-41-37-14-15-54-40(37)25-57(41)47-49-31(17-39-43(61)16-28(2)68-50(39)47)18-45(53(69-49)22-29(32-19-46(63)56-23-32)8-10-33(53)24-55-34-6-4-5-7-34)70-67-27-52(66,51(65)48(64)44(62)26-58)21-30-9-13-42(60)36-12-11-35(59)20-38(30)36/h8-17,20,25,29,32-34,44-45,48,51,54-55,58-60,62,64-66H,3-7,18-19,21-24,26-27H2,1-2H3,(H,56,63)/t29-,32+,33-,44+,45+,48+,51-,52-,53-/m0/s1. The lowest BCUT2D eigenvalue weighted by Crippen LogP contribution is -2.62. The fourth-order valence-corrected chi connectivity index (χ4v) is 11.7. The number of allylic oxidation sites excluding steroid dienone is 1. The van der Waals surface area contributed by atoms with Gasteiger partial charge in [0, 0.05) is 84.8 Å². The molecule has 10 rings (SSSR count). The number of ether oxygens (including phenoxy) is 1. The molecule has 0 unspecified atom stereocenters. The summed E-state index contributed by atoms with van der Waals surface area (Å²) >= 11 is 0. The van der Waals surface area contributed by atoms with Crippen molar-refractivity contribution in [1.29, 1.82) is 0 Å². The summed E-state index contributed by atoms with van der Waals surface area (Å²) in [6.07, 6.45) is 6.46. The molecule has 2 fully saturated rings. The van der Waals surface area contributed by atoms with Crippen LogP contribution in [0.25, 0.3) is 38.3 Å². The van der Waals surface area contributed by atoms with Crippen molar-refractivity contribution in [1.82, 2.24) is 20.2 Å². The zero-order chi connectivity index (χ0) is 49.1. The highest BCUT2D eigenvalue weighted by Gasteiger charge is 2.56. The van der Waals surface area contributed by atoms with Crippen molar-refractivity contribution in [2.75, 3.05) is 26.3 Å². The number of fused-ring (bicyclic) bond motifs is 4. The van der Waals surface area contributed by atoms with Gasteiger partial charge in [-0.3, -0.25) is 9.59 Å². The smallest absolute Gasteiger partial charge is 0.220 e. The maximum Gasteiger partial charge on any atom is 0.220 e. The minimum absolute atomic E-state index is 0.0407. The topological polar surface area (TPSA) is 261 Å². The number of rotatable bonds is 16. The van der Waals surface area contributed by atoms with Crippen LogP contribution < -0.4 is 20.8 Å². The Morgan fingerprint density at radius 2 is 1.80 bits per heavy atom. The van der Waals surface area contributed by atoms with Gasteiger partial charge in [0.05, 0.1) is 17.5 Å². The summed E-state index contributed by atoms with van der Waals surface area (Å²) in [4.78, 5) is 42.8. The number of phenolic OH excluding ortho intramolecular Hbond substituents is 2. The molecule has 9 atom stereocenters. The molecular formula is C53H62N4O13. The molecule has 3 aromatic heterocycles. The molecule has 1 amide bonds. The molecule has 0 radical (unpaired) electrons. The number of aromatic nitrogens is 2. The number of amides is 1. The SMILES string of the molecule is CCc1c2cc[nH]c2cn1-c1c2c(cc3c(=O)cc(C)oc13)C[C@@H](OOC[C@@](O)(Cc1ccc(O)c3ccc(O)cc13)[C@@H](O)[C@H](O)[C@H](O)CO)[C@@]1(C[C@@H]([C@H]3CNC(=O)C3)C=C[C@H]1CNC1CCCC1)O2. The predicted molar refractivity (Wildman–Crippen MR) is 259 cm³/mol. The number of H-pyrrole nitrogens is 1. The number of nitrogens with zero attached hydrogens (tertiary/aromatic N) is 1. The highest BCUT2D eigenvalue weighted by Crippen LogP contribution is 2.51. The fourth-order valence-electron chi connectivity index (χ4n) is 11.7. The summed E-state index contributed by atoms with van der Waals surface area (Å²) < 4.78 is 16.2. The van der Waals surface area contributed by atoms with Gasteiger partial charge < -0.3 is 65.1 Å². The minimum atomic E-state index is -2.44. The van der Waals surface area contributed by atoms with Gasteiger partial charge in [0.25, 0.3) is 0 Å². The van der Waals surface area contributed by atoms with E-state index < -0.39 is 55.3 Å². The molecule has 2 aliphatic heterocycles. The number of aliphatic hydroxyl groups excluding tert-OH is 4. The first kappa shape index (κ1) is 47.9. The monoisotopic (exact) mass is 962 g/mol. The molecule has 17 nitrogen and oxygen atoms in total. The zero-order valence-corrected chi connectivity index (χ0v) is 39.3. The Bertz CT molecular complexity index is 3010. The van der Waals surface area contributed by atoms with Crippen molar-refractivity contribution in [3.8, 4) is 22.9 Å². The molecule has 5 heterocycles. The zero-order valence-electron chi connectivity index (χ0n) is 39.3. The van der Waals surface area contributed by atoms with E-state index in [1.54, 1.807) is 13.0 Å². The van der Waals surface area contributed by atoms with E-state index in [9.17, 15) is 45.3 Å². The number of aryl methyl sites for hydroxylation is 2. The maximum absolute atomic E-state index is 14.0. The Hall–Kier alpha value is -5.76. The van der Waals surface area contributed by atoms with E-state index in [1.807, 2.05) is 23.0 Å². The van der Waals surface area contributed by atoms with Crippen LogP contribution in [-0.4, -0.2) is 119 Å². The normalized spacial score (nSPS) is 24.8. The molecule has 17 heteroatoms. The maximum atomic E-state index is 14.0. The number of hydrogen-bond donors (Lipinski definition) is 10. The number of carbonyl (C=O) groups excluding carboxylic acids is 1. The van der Waals surface area contributed by atoms with Gasteiger partial charge >= 0.3 is 0 Å². The largest absolute Gasteiger partial charge is 0.508 e. The average molecular weight is 963 g/mol. The van der Waals surface area contributed by atoms with Gasteiger partial charge in [-0.2, -0.15) is 0 Å². The molecule has 10 N–H and O–H groups in total. The second-order valence-corrected chi connectivity index (χ2v) is 20.0. The molecule has 372 valence electrons. The number of aliphatic hydroxyl groups is 5. The van der Waals surface area contributed by atoms with E-state index in [0.717, 1.165) is 42.3 Å².